The maximum absolute atomic E-state index is 13.2. The van der Waals surface area contributed by atoms with Gasteiger partial charge in [0.15, 0.2) is 5.65 Å². The lowest BCUT2D eigenvalue weighted by Gasteiger charge is -2.41. The second-order valence-electron chi connectivity index (χ2n) is 7.96. The normalized spacial score (nSPS) is 25.8. The van der Waals surface area contributed by atoms with Crippen molar-refractivity contribution in [2.75, 3.05) is 13.1 Å². The smallest absolute Gasteiger partial charge is 0.249 e. The van der Waals surface area contributed by atoms with Crippen LogP contribution in [-0.2, 0) is 4.79 Å². The van der Waals surface area contributed by atoms with Gasteiger partial charge in [0.2, 0.25) is 11.8 Å². The molecule has 1 saturated heterocycles. The highest BCUT2D eigenvalue weighted by Gasteiger charge is 2.50. The fraction of sp³-hybridized carbons (Fsp3) is 0.526. The lowest BCUT2D eigenvalue weighted by atomic mass is 9.79. The van der Waals surface area contributed by atoms with Gasteiger partial charge in [0.1, 0.15) is 5.82 Å². The van der Waals surface area contributed by atoms with Crippen molar-refractivity contribution in [2.24, 2.45) is 11.8 Å². The average molecular weight is 373 g/mol. The number of carbonyl (C=O) groups is 1. The van der Waals surface area contributed by atoms with Crippen molar-refractivity contribution < 1.29 is 13.6 Å². The number of hydrogen-bond acceptors (Lipinski definition) is 3. The van der Waals surface area contributed by atoms with Crippen LogP contribution >= 0.6 is 0 Å². The van der Waals surface area contributed by atoms with Gasteiger partial charge in [0.25, 0.3) is 0 Å². The summed E-state index contributed by atoms with van der Waals surface area (Å²) >= 11 is 0. The molecule has 4 heterocycles. The molecule has 0 radical (unpaired) electrons. The van der Waals surface area contributed by atoms with Crippen LogP contribution in [0.1, 0.15) is 37.9 Å². The van der Waals surface area contributed by atoms with Crippen molar-refractivity contribution in [1.82, 2.24) is 24.3 Å². The molecule has 5 rings (SSSR count). The highest BCUT2D eigenvalue weighted by molar-refractivity contribution is 5.80. The molecule has 0 unspecified atom stereocenters. The first kappa shape index (κ1) is 16.6. The Balaban J connectivity index is 1.46. The maximum atomic E-state index is 13.2. The Kier molecular flexibility index (Phi) is 3.54. The summed E-state index contributed by atoms with van der Waals surface area (Å²) in [6.45, 7) is 3.32. The van der Waals surface area contributed by atoms with E-state index in [9.17, 15) is 13.6 Å². The summed E-state index contributed by atoms with van der Waals surface area (Å²) in [6, 6.07) is 1.97. The van der Waals surface area contributed by atoms with Crippen LogP contribution in [0.2, 0.25) is 0 Å². The van der Waals surface area contributed by atoms with Crippen LogP contribution in [0.15, 0.2) is 24.7 Å². The Morgan fingerprint density at radius 3 is 2.85 bits per heavy atom. The van der Waals surface area contributed by atoms with E-state index in [2.05, 4.69) is 26.3 Å². The Bertz CT molecular complexity index is 1020. The Labute approximate surface area is 154 Å². The fourth-order valence-electron chi connectivity index (χ4n) is 4.46. The fourth-order valence-corrected chi connectivity index (χ4v) is 4.46. The molecule has 27 heavy (non-hydrogen) atoms. The quantitative estimate of drug-likeness (QED) is 0.750. The Hall–Kier alpha value is -2.51. The van der Waals surface area contributed by atoms with Gasteiger partial charge in [-0.2, -0.15) is 0 Å². The van der Waals surface area contributed by atoms with Gasteiger partial charge in [-0.1, -0.05) is 6.92 Å². The van der Waals surface area contributed by atoms with Gasteiger partial charge in [0.05, 0.1) is 23.4 Å². The monoisotopic (exact) mass is 373 g/mol. The minimum absolute atomic E-state index is 0.0614. The van der Waals surface area contributed by atoms with Gasteiger partial charge in [0, 0.05) is 44.0 Å². The number of nitrogens with one attached hydrogen (secondary N) is 1. The van der Waals surface area contributed by atoms with E-state index in [0.717, 1.165) is 28.9 Å². The first-order chi connectivity index (χ1) is 12.9. The minimum atomic E-state index is -2.67. The van der Waals surface area contributed by atoms with Crippen LogP contribution < -0.4 is 0 Å². The average Bonchev–Trinajstić information content (AvgIpc) is 3.25. The largest absolute Gasteiger partial charge is 0.345 e. The van der Waals surface area contributed by atoms with Crippen LogP contribution in [0.3, 0.4) is 0 Å². The minimum Gasteiger partial charge on any atom is -0.345 e. The topological polar surface area (TPSA) is 66.3 Å². The van der Waals surface area contributed by atoms with Crippen molar-refractivity contribution in [3.63, 3.8) is 0 Å². The van der Waals surface area contributed by atoms with Gasteiger partial charge in [-0.05, 0) is 18.4 Å². The van der Waals surface area contributed by atoms with Crippen molar-refractivity contribution in [2.45, 2.75) is 38.0 Å². The molecule has 3 aromatic heterocycles. The van der Waals surface area contributed by atoms with E-state index >= 15 is 0 Å². The molecule has 2 fully saturated rings. The van der Waals surface area contributed by atoms with Gasteiger partial charge >= 0.3 is 0 Å². The number of aromatic nitrogens is 4. The number of likely N-dealkylation sites (tertiary alicyclic amines) is 1. The van der Waals surface area contributed by atoms with Crippen LogP contribution in [0.25, 0.3) is 16.7 Å². The first-order valence-electron chi connectivity index (χ1n) is 9.39. The van der Waals surface area contributed by atoms with E-state index in [-0.39, 0.29) is 24.7 Å². The van der Waals surface area contributed by atoms with Gasteiger partial charge in [-0.3, -0.25) is 9.20 Å². The lowest BCUT2D eigenvalue weighted by Crippen LogP contribution is -2.50. The third kappa shape index (κ3) is 2.61. The molecule has 0 aromatic carbocycles. The summed E-state index contributed by atoms with van der Waals surface area (Å²) < 4.78 is 28.4. The number of H-pyrrole nitrogens is 1. The number of alkyl halides is 2. The highest BCUT2D eigenvalue weighted by atomic mass is 19.3. The molecule has 1 N–H and O–H groups in total. The van der Waals surface area contributed by atoms with Crippen LogP contribution in [-0.4, -0.2) is 49.2 Å². The number of rotatable bonds is 2. The number of hydrogen-bond donors (Lipinski definition) is 1. The summed E-state index contributed by atoms with van der Waals surface area (Å²) in [6.07, 6.45) is 5.64. The Morgan fingerprint density at radius 2 is 2.07 bits per heavy atom. The zero-order valence-corrected chi connectivity index (χ0v) is 15.0. The first-order valence-corrected chi connectivity index (χ1v) is 9.39. The molecule has 3 aromatic rings. The number of fused-ring (bicyclic) bond motifs is 3. The van der Waals surface area contributed by atoms with Crippen LogP contribution in [0.5, 0.6) is 0 Å². The molecule has 6 nitrogen and oxygen atoms in total. The number of imidazole rings is 1. The van der Waals surface area contributed by atoms with Crippen LogP contribution in [0.4, 0.5) is 8.78 Å². The van der Waals surface area contributed by atoms with Crippen molar-refractivity contribution in [3.05, 3.63) is 30.5 Å². The summed E-state index contributed by atoms with van der Waals surface area (Å²) in [5, 5.41) is 0. The summed E-state index contributed by atoms with van der Waals surface area (Å²) in [7, 11) is 0. The van der Waals surface area contributed by atoms with Crippen molar-refractivity contribution in [1.29, 1.82) is 0 Å². The second-order valence-corrected chi connectivity index (χ2v) is 7.96. The molecule has 2 aliphatic rings. The predicted octanol–water partition coefficient (Wildman–Crippen LogP) is 3.21. The standard InChI is InChI=1S/C19H21F2N5O/c1-11-3-5-25(18(27)12-6-19(20,21)7-12)10-14(11)17-24-9-13-8-23-16-15(26(13)17)2-4-22-16/h2,4,8-9,11-12,14,22H,3,5-7,10H2,1H3/t11-,14+/m1/s1. The number of aromatic amines is 1. The van der Waals surface area contributed by atoms with Crippen molar-refractivity contribution in [3.8, 4) is 0 Å². The molecular formula is C19H21F2N5O. The predicted molar refractivity (Wildman–Crippen MR) is 95.6 cm³/mol. The SMILES string of the molecule is C[C@@H]1CCN(C(=O)C2CC(F)(F)C2)C[C@@H]1c1ncc2cnc3[nH]ccc3n12. The second kappa shape index (κ2) is 5.74. The molecule has 2 atom stereocenters. The van der Waals surface area contributed by atoms with E-state index in [1.54, 1.807) is 17.3 Å². The molecule has 1 saturated carbocycles. The van der Waals surface area contributed by atoms with Gasteiger partial charge < -0.3 is 9.88 Å². The lowest BCUT2D eigenvalue weighted by molar-refractivity contribution is -0.161. The van der Waals surface area contributed by atoms with Gasteiger partial charge in [-0.25, -0.2) is 18.7 Å². The molecule has 142 valence electrons. The third-order valence-electron chi connectivity index (χ3n) is 6.13. The maximum Gasteiger partial charge on any atom is 0.249 e. The third-order valence-corrected chi connectivity index (χ3v) is 6.13. The molecule has 8 heteroatoms. The molecular weight excluding hydrogens is 352 g/mol. The Morgan fingerprint density at radius 1 is 1.30 bits per heavy atom. The van der Waals surface area contributed by atoms with E-state index in [1.165, 1.54) is 0 Å². The van der Waals surface area contributed by atoms with Crippen molar-refractivity contribution >= 4 is 22.6 Å². The molecule has 1 aliphatic heterocycles. The number of halogens is 2. The summed E-state index contributed by atoms with van der Waals surface area (Å²) in [5.74, 6) is -2.02. The van der Waals surface area contributed by atoms with E-state index in [1.807, 2.05) is 12.3 Å². The zero-order valence-electron chi connectivity index (χ0n) is 15.0. The van der Waals surface area contributed by atoms with Gasteiger partial charge in [-0.15, -0.1) is 0 Å². The molecule has 1 aliphatic carbocycles. The number of piperidine rings is 1. The van der Waals surface area contributed by atoms with Crippen LogP contribution in [0, 0.1) is 11.8 Å². The van der Waals surface area contributed by atoms with E-state index in [4.69, 9.17) is 0 Å². The van der Waals surface area contributed by atoms with E-state index in [0.29, 0.717) is 19.0 Å². The highest BCUT2D eigenvalue weighted by Crippen LogP contribution is 2.44. The van der Waals surface area contributed by atoms with E-state index < -0.39 is 11.8 Å². The number of nitrogens with zero attached hydrogens (tertiary/aromatic N) is 4. The molecule has 0 spiro atoms. The number of carbonyl (C=O) groups excluding carboxylic acids is 1. The molecule has 1 amide bonds. The zero-order chi connectivity index (χ0) is 18.8. The summed E-state index contributed by atoms with van der Waals surface area (Å²) in [5.41, 5.74) is 2.65. The summed E-state index contributed by atoms with van der Waals surface area (Å²) in [4.78, 5) is 26.6. The molecule has 0 bridgehead atoms. The number of amides is 1.